The normalized spacial score (nSPS) is 21.1. The van der Waals surface area contributed by atoms with E-state index >= 15 is 0 Å². The summed E-state index contributed by atoms with van der Waals surface area (Å²) in [6.07, 6.45) is 13.1. The van der Waals surface area contributed by atoms with Crippen LogP contribution in [0.1, 0.15) is 127 Å². The molecule has 2 N–H and O–H groups in total. The van der Waals surface area contributed by atoms with Gasteiger partial charge in [-0.3, -0.25) is 9.05 Å². The number of fused-ring (bicyclic) bond motifs is 2. The van der Waals surface area contributed by atoms with E-state index in [9.17, 15) is 14.2 Å². The number of nitrogen functional groups attached to an aromatic ring is 1. The Kier molecular flexibility index (Phi) is 16.8. The van der Waals surface area contributed by atoms with Gasteiger partial charge in [-0.2, -0.15) is 10.4 Å². The second-order valence-electron chi connectivity index (χ2n) is 16.0. The first-order valence-electron chi connectivity index (χ1n) is 21.2. The molecule has 2 saturated heterocycles. The summed E-state index contributed by atoms with van der Waals surface area (Å²) in [6, 6.07) is 16.3. The van der Waals surface area contributed by atoms with Crippen molar-refractivity contribution < 1.29 is 41.5 Å². The van der Waals surface area contributed by atoms with Gasteiger partial charge < -0.3 is 29.2 Å². The molecule has 2 fully saturated rings. The molecule has 6 atom stereocenters. The van der Waals surface area contributed by atoms with Crippen LogP contribution < -0.4 is 10.3 Å². The zero-order chi connectivity index (χ0) is 42.5. The molecule has 2 aliphatic heterocycles. The molecule has 2 aliphatic rings. The lowest BCUT2D eigenvalue weighted by atomic mass is 10.0. The van der Waals surface area contributed by atoms with Gasteiger partial charge in [0.05, 0.1) is 48.3 Å². The van der Waals surface area contributed by atoms with E-state index in [1.54, 1.807) is 40.9 Å². The van der Waals surface area contributed by atoms with E-state index in [1.807, 2.05) is 26.0 Å². The fraction of sp³-hybridized carbons (Fsp3) is 0.568. The summed E-state index contributed by atoms with van der Waals surface area (Å²) in [6.45, 7) is 5.43. The lowest BCUT2D eigenvalue weighted by molar-refractivity contribution is -0.191. The number of para-hydroxylation sites is 1. The van der Waals surface area contributed by atoms with Gasteiger partial charge in [-0.05, 0) is 68.3 Å². The quantitative estimate of drug-likeness (QED) is 0.0496. The first kappa shape index (κ1) is 45.9. The van der Waals surface area contributed by atoms with Gasteiger partial charge in [0.2, 0.25) is 0 Å². The number of phosphoric acid groups is 1. The Morgan fingerprint density at radius 3 is 2.38 bits per heavy atom. The van der Waals surface area contributed by atoms with Gasteiger partial charge in [0.25, 0.3) is 0 Å². The number of nitrogens with two attached hydrogens (primary N) is 1. The van der Waals surface area contributed by atoms with Crippen molar-refractivity contribution in [3.63, 3.8) is 0 Å². The number of benzene rings is 2. The van der Waals surface area contributed by atoms with Crippen molar-refractivity contribution in [1.82, 2.24) is 14.6 Å². The molecule has 13 nitrogen and oxygen atoms in total. The molecule has 2 aromatic carbocycles. The Morgan fingerprint density at radius 2 is 1.67 bits per heavy atom. The number of nitriles is 1. The van der Waals surface area contributed by atoms with Gasteiger partial charge >= 0.3 is 7.82 Å². The van der Waals surface area contributed by atoms with Crippen LogP contribution in [0.3, 0.4) is 0 Å². The molecule has 0 aliphatic carbocycles. The highest BCUT2D eigenvalue weighted by atomic mass is 35.5. The first-order chi connectivity index (χ1) is 29.0. The number of anilines is 1. The van der Waals surface area contributed by atoms with Crippen LogP contribution in [0.25, 0.3) is 5.52 Å². The van der Waals surface area contributed by atoms with E-state index < -0.39 is 49.9 Å². The van der Waals surface area contributed by atoms with Crippen LogP contribution >= 0.6 is 19.4 Å². The maximum atomic E-state index is 14.7. The molecule has 4 heterocycles. The molecule has 4 aromatic rings. The minimum Gasteiger partial charge on any atom is -0.402 e. The zero-order valence-electron chi connectivity index (χ0n) is 34.8. The average Bonchev–Trinajstić information content (AvgIpc) is 3.90. The molecule has 60 heavy (non-hydrogen) atoms. The lowest BCUT2D eigenvalue weighted by Gasteiger charge is -2.26. The van der Waals surface area contributed by atoms with Crippen molar-refractivity contribution >= 4 is 30.8 Å². The second kappa shape index (κ2) is 21.9. The van der Waals surface area contributed by atoms with Crippen LogP contribution in [-0.4, -0.2) is 58.0 Å². The minimum absolute atomic E-state index is 0.00768. The van der Waals surface area contributed by atoms with Crippen LogP contribution in [0, 0.1) is 17.1 Å². The number of aromatic nitrogens is 3. The predicted molar refractivity (Wildman–Crippen MR) is 226 cm³/mol. The van der Waals surface area contributed by atoms with Gasteiger partial charge in [-0.25, -0.2) is 18.5 Å². The maximum absolute atomic E-state index is 14.7. The molecule has 0 spiro atoms. The van der Waals surface area contributed by atoms with Crippen molar-refractivity contribution in [3.8, 4) is 11.8 Å². The fourth-order valence-corrected chi connectivity index (χ4v) is 9.24. The summed E-state index contributed by atoms with van der Waals surface area (Å²) >= 11 is 6.46. The summed E-state index contributed by atoms with van der Waals surface area (Å²) in [5.74, 6) is -1.06. The van der Waals surface area contributed by atoms with Gasteiger partial charge in [0.1, 0.15) is 47.8 Å². The van der Waals surface area contributed by atoms with Crippen LogP contribution in [-0.2, 0) is 39.2 Å². The minimum atomic E-state index is -4.44. The molecular weight excluding hydrogens is 812 g/mol. The van der Waals surface area contributed by atoms with Crippen molar-refractivity contribution in [2.75, 3.05) is 18.9 Å². The molecule has 326 valence electrons. The molecule has 6 rings (SSSR count). The summed E-state index contributed by atoms with van der Waals surface area (Å²) in [5, 5.41) is 14.0. The molecule has 0 saturated carbocycles. The van der Waals surface area contributed by atoms with Gasteiger partial charge in [-0.1, -0.05) is 108 Å². The molecule has 0 radical (unpaired) electrons. The van der Waals surface area contributed by atoms with Crippen LogP contribution in [0.5, 0.6) is 5.75 Å². The van der Waals surface area contributed by atoms with Gasteiger partial charge in [-0.15, -0.1) is 0 Å². The van der Waals surface area contributed by atoms with Crippen molar-refractivity contribution in [3.05, 3.63) is 88.6 Å². The third-order valence-electron chi connectivity index (χ3n) is 10.8. The number of halogens is 2. The molecule has 16 heteroatoms. The molecule has 1 unspecified atom stereocenters. The van der Waals surface area contributed by atoms with Crippen molar-refractivity contribution in [2.24, 2.45) is 0 Å². The Bertz CT molecular complexity index is 2080. The van der Waals surface area contributed by atoms with Crippen molar-refractivity contribution in [2.45, 2.75) is 147 Å². The third-order valence-corrected chi connectivity index (χ3v) is 12.4. The highest BCUT2D eigenvalue weighted by Gasteiger charge is 2.57. The number of unbranched alkanes of at least 4 members (excludes halogenated alkanes) is 11. The number of phosphoric ester groups is 1. The monoisotopic (exact) mass is 869 g/mol. The Morgan fingerprint density at radius 1 is 0.967 bits per heavy atom. The third kappa shape index (κ3) is 12.7. The smallest absolute Gasteiger partial charge is 0.402 e. The number of rotatable bonds is 25. The number of hydrogen-bond acceptors (Lipinski definition) is 12. The largest absolute Gasteiger partial charge is 0.530 e. The standard InChI is InChI=1S/C44H58ClFN5O8P/c1-4-5-6-7-8-9-10-11-12-13-14-15-18-34(53-27-32-23-31(26-47)24-33(46)25-32)28-54-60(52,59-38-20-17-16-19-35(38)45)55-29-39-41-42(58-44(2,3)57-41)40(56-39)36-21-22-37-43(48)49-30-50-51(36)37/h16-17,19-25,30,34,39-42H,4-15,18,27-29H2,1-3H3,(H2,48,49,50)/t34-,39+,40-,41+,42-,60?/m0/s1. The highest BCUT2D eigenvalue weighted by molar-refractivity contribution is 7.48. The number of hydrogen-bond donors (Lipinski definition) is 1. The SMILES string of the molecule is CCCCCCCCCCCCCC[C@@H](COP(=O)(OC[C@H]1O[C@@H](c2ccc3c(N)ncnn23)[C@@H]2OC(C)(C)O[C@@H]21)Oc1ccccc1Cl)OCc1cc(F)cc(C#N)c1. The van der Waals surface area contributed by atoms with Crippen LogP contribution in [0.15, 0.2) is 60.9 Å². The van der Waals surface area contributed by atoms with Crippen LogP contribution in [0.4, 0.5) is 10.2 Å². The van der Waals surface area contributed by atoms with E-state index in [0.29, 0.717) is 29.0 Å². The molecule has 0 bridgehead atoms. The summed E-state index contributed by atoms with van der Waals surface area (Å²) < 4.78 is 74.2. The predicted octanol–water partition coefficient (Wildman–Crippen LogP) is 10.8. The van der Waals surface area contributed by atoms with E-state index in [-0.39, 0.29) is 36.2 Å². The second-order valence-corrected chi connectivity index (χ2v) is 18.0. The average molecular weight is 870 g/mol. The summed E-state index contributed by atoms with van der Waals surface area (Å²) in [5.41, 5.74) is 8.08. The number of ether oxygens (including phenoxy) is 4. The van der Waals surface area contributed by atoms with Gasteiger partial charge in [0.15, 0.2) is 11.6 Å². The Balaban J connectivity index is 1.13. The maximum Gasteiger partial charge on any atom is 0.530 e. The molecule has 0 amide bonds. The Hall–Kier alpha value is -3.64. The Labute approximate surface area is 357 Å². The van der Waals surface area contributed by atoms with E-state index in [2.05, 4.69) is 17.0 Å². The van der Waals surface area contributed by atoms with E-state index in [4.69, 9.17) is 49.9 Å². The van der Waals surface area contributed by atoms with E-state index in [0.717, 1.165) is 25.7 Å². The highest BCUT2D eigenvalue weighted by Crippen LogP contribution is 2.53. The number of nitrogens with zero attached hydrogens (tertiary/aromatic N) is 4. The fourth-order valence-electron chi connectivity index (χ4n) is 7.75. The lowest BCUT2D eigenvalue weighted by Crippen LogP contribution is -2.33. The molecular formula is C44H58ClFN5O8P. The van der Waals surface area contributed by atoms with E-state index in [1.165, 1.54) is 69.8 Å². The summed E-state index contributed by atoms with van der Waals surface area (Å²) in [4.78, 5) is 4.09. The topological polar surface area (TPSA) is 162 Å². The molecule has 2 aromatic heterocycles. The summed E-state index contributed by atoms with van der Waals surface area (Å²) in [7, 11) is -4.44. The van der Waals surface area contributed by atoms with Gasteiger partial charge in [0, 0.05) is 0 Å². The van der Waals surface area contributed by atoms with Crippen LogP contribution in [0.2, 0.25) is 5.02 Å². The zero-order valence-corrected chi connectivity index (χ0v) is 36.5. The first-order valence-corrected chi connectivity index (χ1v) is 23.0. The van der Waals surface area contributed by atoms with Crippen molar-refractivity contribution in [1.29, 1.82) is 5.26 Å².